The first kappa shape index (κ1) is 19.1. The van der Waals surface area contributed by atoms with Gasteiger partial charge in [-0.2, -0.15) is 5.10 Å². The van der Waals surface area contributed by atoms with Crippen LogP contribution in [0.3, 0.4) is 0 Å². The number of esters is 1. The van der Waals surface area contributed by atoms with Gasteiger partial charge in [-0.3, -0.25) is 4.68 Å². The molecule has 2 unspecified atom stereocenters. The van der Waals surface area contributed by atoms with Gasteiger partial charge in [0.05, 0.1) is 57.2 Å². The topological polar surface area (TPSA) is 86.1 Å². The number of aromatic nitrogens is 2. The summed E-state index contributed by atoms with van der Waals surface area (Å²) in [5.41, 5.74) is -2.44. The van der Waals surface area contributed by atoms with E-state index in [1.807, 2.05) is 6.20 Å². The molecular formula is C18H25FN4O5. The number of halogens is 1. The monoisotopic (exact) mass is 396 g/mol. The van der Waals surface area contributed by atoms with Crippen molar-refractivity contribution in [3.63, 3.8) is 0 Å². The SMILES string of the molecule is CCOC(=O)C1(F)CN(C(=O)N2CCOCC2c2cnn(C)c2)CC12COC2. The van der Waals surface area contributed by atoms with Gasteiger partial charge in [0, 0.05) is 31.9 Å². The van der Waals surface area contributed by atoms with Gasteiger partial charge in [-0.25, -0.2) is 14.0 Å². The maximum Gasteiger partial charge on any atom is 0.346 e. The Morgan fingerprint density at radius 3 is 2.75 bits per heavy atom. The van der Waals surface area contributed by atoms with Crippen molar-refractivity contribution in [1.82, 2.24) is 19.6 Å². The molecule has 10 heteroatoms. The first-order chi connectivity index (χ1) is 13.4. The smallest absolute Gasteiger partial charge is 0.346 e. The summed E-state index contributed by atoms with van der Waals surface area (Å²) in [6.45, 7) is 2.85. The van der Waals surface area contributed by atoms with Gasteiger partial charge in [0.15, 0.2) is 0 Å². The quantitative estimate of drug-likeness (QED) is 0.693. The number of amides is 2. The molecule has 0 saturated carbocycles. The van der Waals surface area contributed by atoms with Gasteiger partial charge in [-0.05, 0) is 6.92 Å². The lowest BCUT2D eigenvalue weighted by molar-refractivity contribution is -0.196. The van der Waals surface area contributed by atoms with Crippen molar-refractivity contribution in [2.24, 2.45) is 12.5 Å². The number of carbonyl (C=O) groups is 2. The molecule has 4 heterocycles. The summed E-state index contributed by atoms with van der Waals surface area (Å²) in [6, 6.07) is -0.618. The van der Waals surface area contributed by atoms with E-state index in [1.165, 1.54) is 4.90 Å². The first-order valence-corrected chi connectivity index (χ1v) is 9.46. The molecule has 1 aromatic heterocycles. The van der Waals surface area contributed by atoms with Crippen LogP contribution >= 0.6 is 0 Å². The second-order valence-corrected chi connectivity index (χ2v) is 7.66. The van der Waals surface area contributed by atoms with E-state index < -0.39 is 17.1 Å². The standard InChI is InChI=1S/C18H25FN4O5/c1-3-28-15(24)18(19)10-22(9-17(18)11-27-12-17)16(25)23-4-5-26-8-14(23)13-6-20-21(2)7-13/h6-7,14H,3-5,8-12H2,1-2H3. The van der Waals surface area contributed by atoms with E-state index in [0.717, 1.165) is 5.56 Å². The number of morpholine rings is 1. The van der Waals surface area contributed by atoms with Crippen LogP contribution in [0.25, 0.3) is 0 Å². The van der Waals surface area contributed by atoms with E-state index in [2.05, 4.69) is 5.10 Å². The number of aryl methyl sites for hydroxylation is 1. The van der Waals surface area contributed by atoms with Gasteiger partial charge in [0.2, 0.25) is 5.67 Å². The maximum atomic E-state index is 15.8. The number of hydrogen-bond acceptors (Lipinski definition) is 6. The highest BCUT2D eigenvalue weighted by Gasteiger charge is 2.69. The van der Waals surface area contributed by atoms with Crippen LogP contribution in [0, 0.1) is 5.41 Å². The number of carbonyl (C=O) groups excluding carboxylic acids is 2. The molecule has 1 aromatic rings. The summed E-state index contributed by atoms with van der Waals surface area (Å²) in [7, 11) is 1.80. The fourth-order valence-corrected chi connectivity index (χ4v) is 4.21. The van der Waals surface area contributed by atoms with Gasteiger partial charge >= 0.3 is 12.0 Å². The maximum absolute atomic E-state index is 15.8. The van der Waals surface area contributed by atoms with Crippen molar-refractivity contribution in [3.05, 3.63) is 18.0 Å². The lowest BCUT2D eigenvalue weighted by Crippen LogP contribution is -2.61. The average molecular weight is 396 g/mol. The van der Waals surface area contributed by atoms with Crippen LogP contribution in [0.15, 0.2) is 12.4 Å². The fourth-order valence-electron chi connectivity index (χ4n) is 4.21. The largest absolute Gasteiger partial charge is 0.464 e. The Balaban J connectivity index is 1.56. The molecule has 154 valence electrons. The van der Waals surface area contributed by atoms with Gasteiger partial charge in [-0.15, -0.1) is 0 Å². The second-order valence-electron chi connectivity index (χ2n) is 7.66. The van der Waals surface area contributed by atoms with Crippen LogP contribution in [0.1, 0.15) is 18.5 Å². The molecule has 3 aliphatic heterocycles. The third kappa shape index (κ3) is 2.86. The Morgan fingerprint density at radius 2 is 2.14 bits per heavy atom. The van der Waals surface area contributed by atoms with E-state index >= 15 is 4.39 Å². The number of urea groups is 1. The van der Waals surface area contributed by atoms with Gasteiger partial charge < -0.3 is 24.0 Å². The minimum atomic E-state index is -2.26. The van der Waals surface area contributed by atoms with E-state index in [-0.39, 0.29) is 45.0 Å². The zero-order valence-corrected chi connectivity index (χ0v) is 16.1. The average Bonchev–Trinajstić information content (AvgIpc) is 3.23. The predicted octanol–water partition coefficient (Wildman–Crippen LogP) is 0.517. The van der Waals surface area contributed by atoms with E-state index in [0.29, 0.717) is 19.8 Å². The number of hydrogen-bond donors (Lipinski definition) is 0. The van der Waals surface area contributed by atoms with Crippen molar-refractivity contribution in [2.45, 2.75) is 18.6 Å². The second kappa shape index (κ2) is 7.00. The van der Waals surface area contributed by atoms with Crippen LogP contribution in [-0.4, -0.2) is 89.9 Å². The molecule has 28 heavy (non-hydrogen) atoms. The van der Waals surface area contributed by atoms with E-state index in [9.17, 15) is 9.59 Å². The molecule has 2 atom stereocenters. The molecule has 3 saturated heterocycles. The van der Waals surface area contributed by atoms with Crippen LogP contribution in [0.5, 0.6) is 0 Å². The molecule has 0 aliphatic carbocycles. The van der Waals surface area contributed by atoms with Crippen molar-refractivity contribution in [3.8, 4) is 0 Å². The zero-order valence-electron chi connectivity index (χ0n) is 16.1. The van der Waals surface area contributed by atoms with Crippen LogP contribution in [-0.2, 0) is 26.1 Å². The Morgan fingerprint density at radius 1 is 1.36 bits per heavy atom. The molecule has 3 fully saturated rings. The van der Waals surface area contributed by atoms with E-state index in [4.69, 9.17) is 14.2 Å². The zero-order chi connectivity index (χ0) is 19.9. The first-order valence-electron chi connectivity index (χ1n) is 9.46. The number of alkyl halides is 1. The molecule has 2 amide bonds. The predicted molar refractivity (Wildman–Crippen MR) is 94.2 cm³/mol. The minimum Gasteiger partial charge on any atom is -0.464 e. The molecule has 0 bridgehead atoms. The van der Waals surface area contributed by atoms with Crippen LogP contribution < -0.4 is 0 Å². The molecule has 3 aliphatic rings. The Labute approximate surface area is 162 Å². The molecule has 0 N–H and O–H groups in total. The number of likely N-dealkylation sites (tertiary alicyclic amines) is 1. The fraction of sp³-hybridized carbons (Fsp3) is 0.722. The summed E-state index contributed by atoms with van der Waals surface area (Å²) >= 11 is 0. The molecule has 4 rings (SSSR count). The highest BCUT2D eigenvalue weighted by Crippen LogP contribution is 2.49. The highest BCUT2D eigenvalue weighted by molar-refractivity contribution is 5.85. The number of ether oxygens (including phenoxy) is 3. The van der Waals surface area contributed by atoms with Crippen molar-refractivity contribution < 1.29 is 28.2 Å². The van der Waals surface area contributed by atoms with Gasteiger partial charge in [0.1, 0.15) is 0 Å². The molecule has 0 aromatic carbocycles. The summed E-state index contributed by atoms with van der Waals surface area (Å²) in [6.07, 6.45) is 3.53. The lowest BCUT2D eigenvalue weighted by atomic mass is 9.74. The lowest BCUT2D eigenvalue weighted by Gasteiger charge is -2.43. The van der Waals surface area contributed by atoms with Crippen molar-refractivity contribution >= 4 is 12.0 Å². The highest BCUT2D eigenvalue weighted by atomic mass is 19.1. The summed E-state index contributed by atoms with van der Waals surface area (Å²) in [4.78, 5) is 28.8. The Kier molecular flexibility index (Phi) is 4.78. The van der Waals surface area contributed by atoms with Gasteiger partial charge in [-0.1, -0.05) is 0 Å². The Hall–Kier alpha value is -2.20. The third-order valence-electron chi connectivity index (χ3n) is 5.85. The normalized spacial score (nSPS) is 29.0. The van der Waals surface area contributed by atoms with Crippen LogP contribution in [0.2, 0.25) is 0 Å². The minimum absolute atomic E-state index is 0.0852. The third-order valence-corrected chi connectivity index (χ3v) is 5.85. The Bertz CT molecular complexity index is 767. The molecule has 1 spiro atoms. The number of rotatable bonds is 3. The van der Waals surface area contributed by atoms with Crippen molar-refractivity contribution in [2.75, 3.05) is 52.7 Å². The van der Waals surface area contributed by atoms with Crippen LogP contribution in [0.4, 0.5) is 9.18 Å². The summed E-state index contributed by atoms with van der Waals surface area (Å²) in [5, 5.41) is 4.17. The summed E-state index contributed by atoms with van der Waals surface area (Å²) < 4.78 is 33.2. The van der Waals surface area contributed by atoms with Gasteiger partial charge in [0.25, 0.3) is 0 Å². The van der Waals surface area contributed by atoms with Crippen molar-refractivity contribution in [1.29, 1.82) is 0 Å². The molecule has 0 radical (unpaired) electrons. The van der Waals surface area contributed by atoms with E-state index in [1.54, 1.807) is 29.7 Å². The molecular weight excluding hydrogens is 371 g/mol. The molecule has 9 nitrogen and oxygen atoms in total. The summed E-state index contributed by atoms with van der Waals surface area (Å²) in [5.74, 6) is -0.917. The number of nitrogens with zero attached hydrogens (tertiary/aromatic N) is 4.